The number of aryl methyl sites for hydroxylation is 1. The average Bonchev–Trinajstić information content (AvgIpc) is 3.15. The van der Waals surface area contributed by atoms with E-state index in [0.29, 0.717) is 49.3 Å². The molecule has 3 heterocycles. The molecule has 8 nitrogen and oxygen atoms in total. The Morgan fingerprint density at radius 3 is 2.76 bits per heavy atom. The van der Waals surface area contributed by atoms with Crippen LogP contribution in [0.3, 0.4) is 0 Å². The van der Waals surface area contributed by atoms with Crippen molar-refractivity contribution in [2.75, 3.05) is 0 Å². The number of benzene rings is 2. The van der Waals surface area contributed by atoms with Crippen LogP contribution in [-0.4, -0.2) is 29.1 Å². The summed E-state index contributed by atoms with van der Waals surface area (Å²) in [7, 11) is 1.66. The standard InChI is InChI=1S/C19H12Cl2N6O2/c1-26-18(28)11-4-2-3-5-14(11)27-15(24-25-19(26)27)8-29-17-12-6-10(20)7-13(21)16(12)22-9-23-17/h2-7,9H,8H2,1H3. The number of halogens is 2. The second-order valence-electron chi connectivity index (χ2n) is 6.38. The highest BCUT2D eigenvalue weighted by Crippen LogP contribution is 2.31. The van der Waals surface area contributed by atoms with Crippen LogP contribution in [-0.2, 0) is 13.7 Å². The third-order valence-corrected chi connectivity index (χ3v) is 5.16. The Morgan fingerprint density at radius 1 is 1.07 bits per heavy atom. The second kappa shape index (κ2) is 6.68. The monoisotopic (exact) mass is 426 g/mol. The maximum absolute atomic E-state index is 12.5. The Balaban J connectivity index is 1.63. The van der Waals surface area contributed by atoms with E-state index in [-0.39, 0.29) is 12.2 Å². The van der Waals surface area contributed by atoms with Crippen molar-refractivity contribution in [2.24, 2.45) is 7.05 Å². The minimum Gasteiger partial charge on any atom is -0.469 e. The van der Waals surface area contributed by atoms with Crippen LogP contribution in [0.15, 0.2) is 47.5 Å². The molecular weight excluding hydrogens is 415 g/mol. The number of hydrogen-bond acceptors (Lipinski definition) is 6. The highest BCUT2D eigenvalue weighted by molar-refractivity contribution is 6.38. The summed E-state index contributed by atoms with van der Waals surface area (Å²) in [5.41, 5.74) is 1.10. The predicted molar refractivity (Wildman–Crippen MR) is 110 cm³/mol. The SMILES string of the molecule is Cn1c(=O)c2ccccc2n2c(COc3ncnc4c(Cl)cc(Cl)cc34)nnc12. The Labute approximate surface area is 173 Å². The molecule has 0 radical (unpaired) electrons. The molecule has 3 aromatic heterocycles. The van der Waals surface area contributed by atoms with Gasteiger partial charge in [-0.15, -0.1) is 10.2 Å². The third-order valence-electron chi connectivity index (χ3n) is 4.65. The molecule has 0 spiro atoms. The lowest BCUT2D eigenvalue weighted by Gasteiger charge is -2.10. The van der Waals surface area contributed by atoms with E-state index in [2.05, 4.69) is 20.2 Å². The van der Waals surface area contributed by atoms with E-state index in [9.17, 15) is 4.79 Å². The number of para-hydroxylation sites is 1. The quantitative estimate of drug-likeness (QED) is 0.439. The molecule has 0 bridgehead atoms. The Hall–Kier alpha value is -3.23. The Bertz CT molecular complexity index is 1480. The van der Waals surface area contributed by atoms with Crippen LogP contribution >= 0.6 is 23.2 Å². The molecule has 0 saturated heterocycles. The van der Waals surface area contributed by atoms with E-state index >= 15 is 0 Å². The summed E-state index contributed by atoms with van der Waals surface area (Å²) < 4.78 is 9.17. The predicted octanol–water partition coefficient (Wildman–Crippen LogP) is 3.41. The molecule has 0 fully saturated rings. The van der Waals surface area contributed by atoms with Crippen molar-refractivity contribution < 1.29 is 4.74 Å². The van der Waals surface area contributed by atoms with Crippen LogP contribution in [0.1, 0.15) is 5.82 Å². The fourth-order valence-electron chi connectivity index (χ4n) is 3.30. The fourth-order valence-corrected chi connectivity index (χ4v) is 3.84. The summed E-state index contributed by atoms with van der Waals surface area (Å²) in [4.78, 5) is 20.9. The molecule has 0 aliphatic rings. The molecule has 5 rings (SSSR count). The lowest BCUT2D eigenvalue weighted by molar-refractivity contribution is 0.287. The summed E-state index contributed by atoms with van der Waals surface area (Å²) >= 11 is 12.3. The van der Waals surface area contributed by atoms with Gasteiger partial charge < -0.3 is 4.74 Å². The molecular formula is C19H12Cl2N6O2. The van der Waals surface area contributed by atoms with Gasteiger partial charge in [-0.2, -0.15) is 0 Å². The zero-order valence-electron chi connectivity index (χ0n) is 15.0. The van der Waals surface area contributed by atoms with Crippen molar-refractivity contribution in [3.63, 3.8) is 0 Å². The summed E-state index contributed by atoms with van der Waals surface area (Å²) in [5, 5.41) is 10.4. The molecule has 144 valence electrons. The van der Waals surface area contributed by atoms with Gasteiger partial charge in [0.15, 0.2) is 12.4 Å². The van der Waals surface area contributed by atoms with Crippen molar-refractivity contribution in [3.05, 3.63) is 68.9 Å². The van der Waals surface area contributed by atoms with Gasteiger partial charge in [0, 0.05) is 12.1 Å². The maximum atomic E-state index is 12.5. The van der Waals surface area contributed by atoms with Gasteiger partial charge in [0.05, 0.1) is 26.8 Å². The maximum Gasteiger partial charge on any atom is 0.262 e. The van der Waals surface area contributed by atoms with Crippen LogP contribution in [0.2, 0.25) is 10.0 Å². The van der Waals surface area contributed by atoms with Gasteiger partial charge in [0.2, 0.25) is 11.7 Å². The Morgan fingerprint density at radius 2 is 1.90 bits per heavy atom. The zero-order chi connectivity index (χ0) is 20.1. The fraction of sp³-hybridized carbons (Fsp3) is 0.105. The van der Waals surface area contributed by atoms with Crippen molar-refractivity contribution in [3.8, 4) is 5.88 Å². The van der Waals surface area contributed by atoms with Crippen molar-refractivity contribution in [1.82, 2.24) is 29.1 Å². The van der Waals surface area contributed by atoms with Crippen molar-refractivity contribution >= 4 is 50.8 Å². The minimum absolute atomic E-state index is 0.0691. The van der Waals surface area contributed by atoms with Gasteiger partial charge in [-0.3, -0.25) is 13.8 Å². The van der Waals surface area contributed by atoms with E-state index in [0.717, 1.165) is 0 Å². The van der Waals surface area contributed by atoms with Crippen LogP contribution in [0.5, 0.6) is 5.88 Å². The van der Waals surface area contributed by atoms with Gasteiger partial charge in [0.25, 0.3) is 5.56 Å². The van der Waals surface area contributed by atoms with Crippen molar-refractivity contribution in [1.29, 1.82) is 0 Å². The van der Waals surface area contributed by atoms with Crippen LogP contribution < -0.4 is 10.3 Å². The number of nitrogens with zero attached hydrogens (tertiary/aromatic N) is 6. The zero-order valence-corrected chi connectivity index (χ0v) is 16.5. The minimum atomic E-state index is -0.140. The molecule has 29 heavy (non-hydrogen) atoms. The number of aromatic nitrogens is 6. The topological polar surface area (TPSA) is 87.2 Å². The van der Waals surface area contributed by atoms with Gasteiger partial charge in [-0.05, 0) is 24.3 Å². The highest BCUT2D eigenvalue weighted by Gasteiger charge is 2.16. The molecule has 0 atom stereocenters. The lowest BCUT2D eigenvalue weighted by atomic mass is 10.2. The van der Waals surface area contributed by atoms with E-state index < -0.39 is 0 Å². The number of ether oxygens (including phenoxy) is 1. The number of fused-ring (bicyclic) bond motifs is 4. The first-order valence-electron chi connectivity index (χ1n) is 8.59. The molecule has 0 amide bonds. The number of hydrogen-bond donors (Lipinski definition) is 0. The molecule has 2 aromatic carbocycles. The van der Waals surface area contributed by atoms with Gasteiger partial charge in [-0.25, -0.2) is 9.97 Å². The molecule has 5 aromatic rings. The van der Waals surface area contributed by atoms with Gasteiger partial charge in [-0.1, -0.05) is 35.3 Å². The molecule has 0 aliphatic carbocycles. The van der Waals surface area contributed by atoms with Crippen LogP contribution in [0.4, 0.5) is 0 Å². The first kappa shape index (κ1) is 17.8. The molecule has 0 N–H and O–H groups in total. The van der Waals surface area contributed by atoms with Gasteiger partial charge >= 0.3 is 0 Å². The normalized spacial score (nSPS) is 11.6. The second-order valence-corrected chi connectivity index (χ2v) is 7.23. The summed E-state index contributed by atoms with van der Waals surface area (Å²) in [6, 6.07) is 10.6. The smallest absolute Gasteiger partial charge is 0.262 e. The van der Waals surface area contributed by atoms with E-state index in [1.807, 2.05) is 18.2 Å². The first-order valence-corrected chi connectivity index (χ1v) is 9.34. The van der Waals surface area contributed by atoms with Gasteiger partial charge in [0.1, 0.15) is 6.33 Å². The molecule has 10 heteroatoms. The molecule has 0 aliphatic heterocycles. The van der Waals surface area contributed by atoms with E-state index in [4.69, 9.17) is 27.9 Å². The largest absolute Gasteiger partial charge is 0.469 e. The average molecular weight is 427 g/mol. The first-order chi connectivity index (χ1) is 14.0. The van der Waals surface area contributed by atoms with E-state index in [1.54, 1.807) is 29.6 Å². The summed E-state index contributed by atoms with van der Waals surface area (Å²) in [6.45, 7) is 0.0691. The van der Waals surface area contributed by atoms with Crippen LogP contribution in [0.25, 0.3) is 27.6 Å². The number of rotatable bonds is 3. The lowest BCUT2D eigenvalue weighted by Crippen LogP contribution is -2.20. The third kappa shape index (κ3) is 2.80. The van der Waals surface area contributed by atoms with E-state index in [1.165, 1.54) is 10.9 Å². The highest BCUT2D eigenvalue weighted by atomic mass is 35.5. The molecule has 0 unspecified atom stereocenters. The summed E-state index contributed by atoms with van der Waals surface area (Å²) in [6.07, 6.45) is 1.37. The summed E-state index contributed by atoms with van der Waals surface area (Å²) in [5.74, 6) is 1.27. The molecule has 0 saturated carbocycles. The van der Waals surface area contributed by atoms with Crippen LogP contribution in [0, 0.1) is 0 Å². The van der Waals surface area contributed by atoms with Crippen molar-refractivity contribution in [2.45, 2.75) is 6.61 Å². The Kier molecular flexibility index (Phi) is 4.11.